The highest BCUT2D eigenvalue weighted by Crippen LogP contribution is 2.63. The van der Waals surface area contributed by atoms with E-state index < -0.39 is 0 Å². The van der Waals surface area contributed by atoms with Crippen LogP contribution in [0.25, 0.3) is 88.4 Å². The zero-order valence-electron chi connectivity index (χ0n) is 41.9. The Morgan fingerprint density at radius 1 is 0.306 bits per heavy atom. The maximum absolute atomic E-state index is 2.55. The molecule has 0 bridgehead atoms. The van der Waals surface area contributed by atoms with Gasteiger partial charge in [-0.15, -0.1) is 0 Å². The molecule has 0 aliphatic heterocycles. The van der Waals surface area contributed by atoms with Gasteiger partial charge in [0.15, 0.2) is 0 Å². The van der Waals surface area contributed by atoms with E-state index in [4.69, 9.17) is 0 Å². The molecular formula is C69H57N3. The average molecular weight is 928 g/mol. The monoisotopic (exact) mass is 927 g/mol. The number of aromatic nitrogens is 2. The van der Waals surface area contributed by atoms with Gasteiger partial charge >= 0.3 is 0 Å². The molecule has 348 valence electrons. The standard InChI is InChI=1S/C69H57N3/c1-67(2)60-44-58(50-22-19-25-54(42-50)72-62-29-16-13-26-55(62)56-27-14-17-30-63(56)72)66(45-61(60)68(3,4)69(67,5)6)70(52-37-32-47(33-38-52)46-20-9-7-10-21-46)53-39-34-48(35-40-53)49-36-41-65-59(43-49)57-28-15-18-31-64(57)71(65)51-23-11-8-12-24-51/h7-45H,1-6H3. The van der Waals surface area contributed by atoms with Crippen molar-refractivity contribution in [2.45, 2.75) is 52.4 Å². The van der Waals surface area contributed by atoms with Gasteiger partial charge < -0.3 is 14.0 Å². The minimum atomic E-state index is -0.112. The number of nitrogens with zero attached hydrogens (tertiary/aromatic N) is 3. The maximum atomic E-state index is 2.55. The van der Waals surface area contributed by atoms with Crippen molar-refractivity contribution in [1.29, 1.82) is 0 Å². The van der Waals surface area contributed by atoms with Gasteiger partial charge in [-0.3, -0.25) is 0 Å². The zero-order valence-corrected chi connectivity index (χ0v) is 41.9. The lowest BCUT2D eigenvalue weighted by molar-refractivity contribution is 0.125. The number of fused-ring (bicyclic) bond motifs is 7. The SMILES string of the molecule is CC1(C)c2cc(-c3cccc(-n4c5ccccc5c5ccccc54)c3)c(N(c3ccc(-c4ccccc4)cc3)c3ccc(-c4ccc5c(c4)c4ccccc4n5-c4ccccc4)cc3)cc2C(C)(C)C1(C)C. The van der Waals surface area contributed by atoms with Gasteiger partial charge in [-0.2, -0.15) is 0 Å². The second-order valence-corrected chi connectivity index (χ2v) is 21.4. The third-order valence-corrected chi connectivity index (χ3v) is 17.2. The molecule has 3 heteroatoms. The lowest BCUT2D eigenvalue weighted by Gasteiger charge is -2.44. The Labute approximate surface area is 422 Å². The van der Waals surface area contributed by atoms with Gasteiger partial charge in [-0.25, -0.2) is 0 Å². The van der Waals surface area contributed by atoms with Crippen LogP contribution in [0.3, 0.4) is 0 Å². The van der Waals surface area contributed by atoms with E-state index in [1.54, 1.807) is 0 Å². The first kappa shape index (κ1) is 43.6. The smallest absolute Gasteiger partial charge is 0.0543 e. The molecule has 10 aromatic carbocycles. The molecular weight excluding hydrogens is 871 g/mol. The fourth-order valence-corrected chi connectivity index (χ4v) is 12.2. The molecule has 0 N–H and O–H groups in total. The maximum Gasteiger partial charge on any atom is 0.0543 e. The quantitative estimate of drug-likeness (QED) is 0.148. The zero-order chi connectivity index (χ0) is 48.9. The van der Waals surface area contributed by atoms with Crippen LogP contribution in [-0.2, 0) is 10.8 Å². The molecule has 2 aromatic heterocycles. The molecule has 1 aliphatic rings. The van der Waals surface area contributed by atoms with Gasteiger partial charge in [0, 0.05) is 49.9 Å². The molecule has 0 unspecified atom stereocenters. The molecule has 0 saturated carbocycles. The molecule has 0 atom stereocenters. The van der Waals surface area contributed by atoms with Crippen molar-refractivity contribution in [2.75, 3.05) is 4.90 Å². The molecule has 12 aromatic rings. The van der Waals surface area contributed by atoms with E-state index in [0.29, 0.717) is 0 Å². The topological polar surface area (TPSA) is 13.1 Å². The van der Waals surface area contributed by atoms with Crippen LogP contribution in [0.5, 0.6) is 0 Å². The molecule has 1 aliphatic carbocycles. The fraction of sp³-hybridized carbons (Fsp3) is 0.130. The van der Waals surface area contributed by atoms with E-state index in [1.165, 1.54) is 88.1 Å². The van der Waals surface area contributed by atoms with Crippen LogP contribution in [0.15, 0.2) is 237 Å². The van der Waals surface area contributed by atoms with Crippen molar-refractivity contribution in [3.63, 3.8) is 0 Å². The van der Waals surface area contributed by atoms with Crippen molar-refractivity contribution in [3.8, 4) is 44.8 Å². The predicted octanol–water partition coefficient (Wildman–Crippen LogP) is 18.9. The van der Waals surface area contributed by atoms with E-state index in [1.807, 2.05) is 0 Å². The lowest BCUT2D eigenvalue weighted by Crippen LogP contribution is -2.42. The van der Waals surface area contributed by atoms with Crippen molar-refractivity contribution >= 4 is 60.7 Å². The van der Waals surface area contributed by atoms with E-state index >= 15 is 0 Å². The Hall–Kier alpha value is -8.40. The molecule has 72 heavy (non-hydrogen) atoms. The van der Waals surface area contributed by atoms with Gasteiger partial charge in [0.2, 0.25) is 0 Å². The Morgan fingerprint density at radius 2 is 0.722 bits per heavy atom. The molecule has 0 fully saturated rings. The van der Waals surface area contributed by atoms with Gasteiger partial charge in [-0.1, -0.05) is 187 Å². The normalized spacial score (nSPS) is 14.6. The summed E-state index contributed by atoms with van der Waals surface area (Å²) in [7, 11) is 0. The first-order valence-electron chi connectivity index (χ1n) is 25.4. The minimum absolute atomic E-state index is 0.0264. The van der Waals surface area contributed by atoms with Gasteiger partial charge in [-0.05, 0) is 146 Å². The van der Waals surface area contributed by atoms with E-state index in [9.17, 15) is 0 Å². The third kappa shape index (κ3) is 6.57. The Bertz CT molecular complexity index is 3980. The predicted molar refractivity (Wildman–Crippen MR) is 306 cm³/mol. The minimum Gasteiger partial charge on any atom is -0.310 e. The van der Waals surface area contributed by atoms with Gasteiger partial charge in [0.05, 0.1) is 27.8 Å². The van der Waals surface area contributed by atoms with E-state index in [0.717, 1.165) is 28.4 Å². The van der Waals surface area contributed by atoms with Crippen LogP contribution in [-0.4, -0.2) is 9.13 Å². The third-order valence-electron chi connectivity index (χ3n) is 17.2. The van der Waals surface area contributed by atoms with Crippen LogP contribution in [0.2, 0.25) is 0 Å². The number of rotatable bonds is 8. The summed E-state index contributed by atoms with van der Waals surface area (Å²) in [4.78, 5) is 2.51. The highest BCUT2D eigenvalue weighted by molar-refractivity contribution is 6.11. The number of para-hydroxylation sites is 4. The Kier molecular flexibility index (Phi) is 9.89. The van der Waals surface area contributed by atoms with Crippen LogP contribution in [0.4, 0.5) is 17.1 Å². The van der Waals surface area contributed by atoms with Crippen molar-refractivity contribution in [2.24, 2.45) is 5.41 Å². The second-order valence-electron chi connectivity index (χ2n) is 21.4. The Morgan fingerprint density at radius 3 is 1.31 bits per heavy atom. The summed E-state index contributed by atoms with van der Waals surface area (Å²) in [5.41, 5.74) is 20.2. The Balaban J connectivity index is 1.01. The molecule has 2 heterocycles. The highest BCUT2D eigenvalue weighted by Gasteiger charge is 2.57. The highest BCUT2D eigenvalue weighted by atomic mass is 15.1. The van der Waals surface area contributed by atoms with Crippen LogP contribution < -0.4 is 4.90 Å². The summed E-state index contributed by atoms with van der Waals surface area (Å²) in [5, 5.41) is 5.02. The van der Waals surface area contributed by atoms with Crippen molar-refractivity contribution < 1.29 is 0 Å². The molecule has 0 spiro atoms. The fourth-order valence-electron chi connectivity index (χ4n) is 12.2. The van der Waals surface area contributed by atoms with Crippen molar-refractivity contribution in [3.05, 3.63) is 248 Å². The summed E-state index contributed by atoms with van der Waals surface area (Å²) in [6, 6.07) is 87.5. The van der Waals surface area contributed by atoms with E-state index in [2.05, 4.69) is 292 Å². The summed E-state index contributed by atoms with van der Waals surface area (Å²) < 4.78 is 4.82. The molecule has 0 amide bonds. The number of benzene rings is 10. The second kappa shape index (κ2) is 16.3. The summed E-state index contributed by atoms with van der Waals surface area (Å²) in [6.45, 7) is 14.7. The first-order valence-corrected chi connectivity index (χ1v) is 25.4. The van der Waals surface area contributed by atoms with Crippen LogP contribution in [0.1, 0.15) is 52.7 Å². The van der Waals surface area contributed by atoms with Crippen molar-refractivity contribution in [1.82, 2.24) is 9.13 Å². The number of hydrogen-bond donors (Lipinski definition) is 0. The number of hydrogen-bond acceptors (Lipinski definition) is 1. The molecule has 13 rings (SSSR count). The van der Waals surface area contributed by atoms with Crippen LogP contribution >= 0.6 is 0 Å². The first-order chi connectivity index (χ1) is 35.0. The van der Waals surface area contributed by atoms with Gasteiger partial charge in [0.1, 0.15) is 0 Å². The van der Waals surface area contributed by atoms with E-state index in [-0.39, 0.29) is 16.2 Å². The molecule has 0 saturated heterocycles. The summed E-state index contributed by atoms with van der Waals surface area (Å²) >= 11 is 0. The summed E-state index contributed by atoms with van der Waals surface area (Å²) in [5.74, 6) is 0. The van der Waals surface area contributed by atoms with Crippen LogP contribution in [0, 0.1) is 5.41 Å². The molecule has 3 nitrogen and oxygen atoms in total. The summed E-state index contributed by atoms with van der Waals surface area (Å²) in [6.07, 6.45) is 0. The number of anilines is 3. The average Bonchev–Trinajstić information content (AvgIpc) is 3.97. The molecule has 0 radical (unpaired) electrons. The lowest BCUT2D eigenvalue weighted by atomic mass is 9.59. The largest absolute Gasteiger partial charge is 0.310 e. The van der Waals surface area contributed by atoms with Gasteiger partial charge in [0.25, 0.3) is 0 Å².